The van der Waals surface area contributed by atoms with Crippen LogP contribution in [0.5, 0.6) is 0 Å². The first-order chi connectivity index (χ1) is 16.0. The molecule has 0 bridgehead atoms. The van der Waals surface area contributed by atoms with Gasteiger partial charge in [0.15, 0.2) is 0 Å². The van der Waals surface area contributed by atoms with Crippen molar-refractivity contribution in [3.63, 3.8) is 0 Å². The summed E-state index contributed by atoms with van der Waals surface area (Å²) in [6.45, 7) is 2.84. The zero-order valence-electron chi connectivity index (χ0n) is 18.6. The molecule has 0 fully saturated rings. The lowest BCUT2D eigenvalue weighted by Crippen LogP contribution is -2.51. The van der Waals surface area contributed by atoms with E-state index >= 15 is 0 Å². The molecule has 1 atom stereocenters. The zero-order valence-corrected chi connectivity index (χ0v) is 20.1. The van der Waals surface area contributed by atoms with Gasteiger partial charge in [0.2, 0.25) is 11.8 Å². The second-order valence-corrected chi connectivity index (χ2v) is 8.76. The van der Waals surface area contributed by atoms with E-state index in [-0.39, 0.29) is 24.8 Å². The Morgan fingerprint density at radius 1 is 0.879 bits per heavy atom. The van der Waals surface area contributed by atoms with Gasteiger partial charge in [-0.25, -0.2) is 0 Å². The molecule has 0 aliphatic heterocycles. The Labute approximate surface area is 205 Å². The summed E-state index contributed by atoms with van der Waals surface area (Å²) in [4.78, 5) is 28.5. The van der Waals surface area contributed by atoms with Crippen molar-refractivity contribution in [1.29, 1.82) is 0 Å². The van der Waals surface area contributed by atoms with Crippen LogP contribution in [0.4, 0.5) is 0 Å². The Balaban J connectivity index is 1.95. The van der Waals surface area contributed by atoms with Crippen molar-refractivity contribution in [3.8, 4) is 0 Å². The molecule has 33 heavy (non-hydrogen) atoms. The average molecular weight is 483 g/mol. The van der Waals surface area contributed by atoms with Crippen molar-refractivity contribution in [2.45, 2.75) is 38.8 Å². The molecule has 0 heterocycles. The lowest BCUT2D eigenvalue weighted by molar-refractivity contribution is -0.140. The summed E-state index contributed by atoms with van der Waals surface area (Å²) in [5.74, 6) is -0.326. The normalized spacial score (nSPS) is 11.6. The van der Waals surface area contributed by atoms with E-state index in [0.29, 0.717) is 23.0 Å². The SMILES string of the molecule is CCCNC(=O)C(Cc1ccccc1)N(Cc1ccc(Cl)cc1)C(=O)Cc1ccccc1Cl. The van der Waals surface area contributed by atoms with E-state index in [1.165, 1.54) is 0 Å². The summed E-state index contributed by atoms with van der Waals surface area (Å²) in [5.41, 5.74) is 2.62. The van der Waals surface area contributed by atoms with E-state index in [1.807, 2.05) is 67.6 Å². The Kier molecular flexibility index (Phi) is 9.35. The van der Waals surface area contributed by atoms with Gasteiger partial charge in [-0.15, -0.1) is 0 Å². The molecule has 3 rings (SSSR count). The largest absolute Gasteiger partial charge is 0.354 e. The Morgan fingerprint density at radius 2 is 1.55 bits per heavy atom. The fraction of sp³-hybridized carbons (Fsp3) is 0.259. The highest BCUT2D eigenvalue weighted by atomic mass is 35.5. The van der Waals surface area contributed by atoms with Crippen LogP contribution in [0.15, 0.2) is 78.9 Å². The first-order valence-electron chi connectivity index (χ1n) is 11.1. The highest BCUT2D eigenvalue weighted by Crippen LogP contribution is 2.21. The third-order valence-corrected chi connectivity index (χ3v) is 6.01. The van der Waals surface area contributed by atoms with Crippen LogP contribution in [0.1, 0.15) is 30.0 Å². The zero-order chi connectivity index (χ0) is 23.6. The first kappa shape index (κ1) is 24.8. The summed E-state index contributed by atoms with van der Waals surface area (Å²) >= 11 is 12.4. The molecule has 6 heteroatoms. The predicted molar refractivity (Wildman–Crippen MR) is 134 cm³/mol. The predicted octanol–water partition coefficient (Wildman–Crippen LogP) is 5.70. The Hall–Kier alpha value is -2.82. The number of nitrogens with zero attached hydrogens (tertiary/aromatic N) is 1. The molecule has 0 radical (unpaired) electrons. The summed E-state index contributed by atoms with van der Waals surface area (Å²) in [7, 11) is 0. The minimum atomic E-state index is -0.662. The molecule has 2 amide bonds. The van der Waals surface area contributed by atoms with E-state index in [0.717, 1.165) is 23.1 Å². The average Bonchev–Trinajstić information content (AvgIpc) is 2.83. The van der Waals surface area contributed by atoms with Crippen LogP contribution in [0.3, 0.4) is 0 Å². The van der Waals surface area contributed by atoms with Crippen molar-refractivity contribution in [2.24, 2.45) is 0 Å². The Morgan fingerprint density at radius 3 is 2.21 bits per heavy atom. The van der Waals surface area contributed by atoms with E-state index in [4.69, 9.17) is 23.2 Å². The molecule has 1 unspecified atom stereocenters. The van der Waals surface area contributed by atoms with Gasteiger partial charge in [0.25, 0.3) is 0 Å². The summed E-state index contributed by atoms with van der Waals surface area (Å²) < 4.78 is 0. The third kappa shape index (κ3) is 7.34. The summed E-state index contributed by atoms with van der Waals surface area (Å²) in [6.07, 6.45) is 1.34. The molecule has 3 aromatic carbocycles. The minimum absolute atomic E-state index is 0.111. The van der Waals surface area contributed by atoms with Gasteiger partial charge in [0.1, 0.15) is 6.04 Å². The van der Waals surface area contributed by atoms with Gasteiger partial charge >= 0.3 is 0 Å². The number of halogens is 2. The van der Waals surface area contributed by atoms with Crippen LogP contribution in [-0.4, -0.2) is 29.3 Å². The molecule has 3 aromatic rings. The van der Waals surface area contributed by atoms with Crippen LogP contribution in [0.2, 0.25) is 10.0 Å². The molecular formula is C27H28Cl2N2O2. The minimum Gasteiger partial charge on any atom is -0.354 e. The highest BCUT2D eigenvalue weighted by molar-refractivity contribution is 6.31. The lowest BCUT2D eigenvalue weighted by atomic mass is 10.0. The van der Waals surface area contributed by atoms with Gasteiger partial charge in [-0.2, -0.15) is 0 Å². The number of hydrogen-bond donors (Lipinski definition) is 1. The van der Waals surface area contributed by atoms with E-state index in [9.17, 15) is 9.59 Å². The maximum atomic E-state index is 13.6. The van der Waals surface area contributed by atoms with Crippen molar-refractivity contribution in [2.75, 3.05) is 6.54 Å². The van der Waals surface area contributed by atoms with Gasteiger partial charge in [0.05, 0.1) is 6.42 Å². The third-order valence-electron chi connectivity index (χ3n) is 5.39. The first-order valence-corrected chi connectivity index (χ1v) is 11.8. The number of nitrogens with one attached hydrogen (secondary N) is 1. The van der Waals surface area contributed by atoms with Crippen LogP contribution in [0, 0.1) is 0 Å². The Bertz CT molecular complexity index is 1060. The summed E-state index contributed by atoms with van der Waals surface area (Å²) in [5, 5.41) is 4.13. The molecule has 0 aliphatic rings. The van der Waals surface area contributed by atoms with Crippen LogP contribution >= 0.6 is 23.2 Å². The molecule has 0 aromatic heterocycles. The van der Waals surface area contributed by atoms with E-state index < -0.39 is 6.04 Å². The van der Waals surface area contributed by atoms with Gasteiger partial charge in [-0.3, -0.25) is 9.59 Å². The number of benzene rings is 3. The van der Waals surface area contributed by atoms with E-state index in [2.05, 4.69) is 5.32 Å². The van der Waals surface area contributed by atoms with Gasteiger partial charge in [-0.05, 0) is 41.3 Å². The van der Waals surface area contributed by atoms with Gasteiger partial charge < -0.3 is 10.2 Å². The number of carbonyl (C=O) groups is 2. The molecule has 4 nitrogen and oxygen atoms in total. The molecule has 0 saturated carbocycles. The maximum absolute atomic E-state index is 13.6. The van der Waals surface area contributed by atoms with Crippen molar-refractivity contribution in [1.82, 2.24) is 10.2 Å². The van der Waals surface area contributed by atoms with Crippen molar-refractivity contribution in [3.05, 3.63) is 106 Å². The second-order valence-electron chi connectivity index (χ2n) is 7.91. The number of rotatable bonds is 10. The van der Waals surface area contributed by atoms with Crippen molar-refractivity contribution >= 4 is 35.0 Å². The molecule has 0 saturated heterocycles. The van der Waals surface area contributed by atoms with Crippen LogP contribution in [-0.2, 0) is 29.0 Å². The maximum Gasteiger partial charge on any atom is 0.243 e. The lowest BCUT2D eigenvalue weighted by Gasteiger charge is -2.32. The van der Waals surface area contributed by atoms with Crippen LogP contribution < -0.4 is 5.32 Å². The fourth-order valence-electron chi connectivity index (χ4n) is 3.61. The summed E-state index contributed by atoms with van der Waals surface area (Å²) in [6, 6.07) is 23.7. The smallest absolute Gasteiger partial charge is 0.243 e. The molecule has 1 N–H and O–H groups in total. The number of carbonyl (C=O) groups excluding carboxylic acids is 2. The van der Waals surface area contributed by atoms with Gasteiger partial charge in [0, 0.05) is 29.6 Å². The fourth-order valence-corrected chi connectivity index (χ4v) is 3.94. The number of amides is 2. The molecule has 0 aliphatic carbocycles. The van der Waals surface area contributed by atoms with E-state index in [1.54, 1.807) is 23.1 Å². The van der Waals surface area contributed by atoms with Crippen LogP contribution in [0.25, 0.3) is 0 Å². The molecular weight excluding hydrogens is 455 g/mol. The topological polar surface area (TPSA) is 49.4 Å². The van der Waals surface area contributed by atoms with Crippen molar-refractivity contribution < 1.29 is 9.59 Å². The molecule has 172 valence electrons. The van der Waals surface area contributed by atoms with Gasteiger partial charge in [-0.1, -0.05) is 90.8 Å². The standard InChI is InChI=1S/C27H28Cl2N2O2/c1-2-16-30-27(33)25(17-20-8-4-3-5-9-20)31(19-21-12-14-23(28)15-13-21)26(32)18-22-10-6-7-11-24(22)29/h3-15,25H,2,16-19H2,1H3,(H,30,33). The quantitative estimate of drug-likeness (QED) is 0.402. The highest BCUT2D eigenvalue weighted by Gasteiger charge is 2.30. The number of hydrogen-bond acceptors (Lipinski definition) is 2. The molecule has 0 spiro atoms. The second kappa shape index (κ2) is 12.4. The monoisotopic (exact) mass is 482 g/mol.